The number of carbonyl (C=O) groups excluding carboxylic acids is 1. The highest BCUT2D eigenvalue weighted by Gasteiger charge is 2.23. The maximum absolute atomic E-state index is 11.8. The maximum atomic E-state index is 11.8. The molecule has 0 aromatic heterocycles. The van der Waals surface area contributed by atoms with Crippen LogP contribution in [0, 0.1) is 5.92 Å². The lowest BCUT2D eigenvalue weighted by Crippen LogP contribution is -2.46. The molecule has 6 nitrogen and oxygen atoms in total. The molecule has 18 heavy (non-hydrogen) atoms. The Hall–Kier alpha value is -1.30. The monoisotopic (exact) mass is 258 g/mol. The minimum atomic E-state index is -0.907. The number of nitrogens with one attached hydrogen (secondary N) is 1. The summed E-state index contributed by atoms with van der Waals surface area (Å²) in [7, 11) is 1.59. The predicted octanol–water partition coefficient (Wildman–Crippen LogP) is 0.652. The van der Waals surface area contributed by atoms with Crippen molar-refractivity contribution in [3.8, 4) is 0 Å². The molecular weight excluding hydrogens is 236 g/mol. The number of aliphatic hydroxyl groups is 1. The molecule has 0 radical (unpaired) electrons. The number of aliphatic hydroxyl groups excluding tert-OH is 1. The molecule has 104 valence electrons. The smallest absolute Gasteiger partial charge is 0.317 e. The lowest BCUT2D eigenvalue weighted by atomic mass is 9.93. The van der Waals surface area contributed by atoms with E-state index < -0.39 is 11.9 Å². The number of carboxylic acids is 1. The molecule has 0 heterocycles. The van der Waals surface area contributed by atoms with Crippen molar-refractivity contribution in [1.29, 1.82) is 0 Å². The van der Waals surface area contributed by atoms with Crippen molar-refractivity contribution >= 4 is 12.0 Å². The first-order chi connectivity index (χ1) is 8.40. The zero-order chi connectivity index (χ0) is 13.7. The van der Waals surface area contributed by atoms with Gasteiger partial charge < -0.3 is 20.4 Å². The minimum Gasteiger partial charge on any atom is -0.481 e. The molecule has 1 saturated carbocycles. The van der Waals surface area contributed by atoms with E-state index >= 15 is 0 Å². The van der Waals surface area contributed by atoms with E-state index in [9.17, 15) is 14.7 Å². The number of nitrogens with zero attached hydrogens (tertiary/aromatic N) is 1. The van der Waals surface area contributed by atoms with Gasteiger partial charge in [-0.3, -0.25) is 4.79 Å². The Morgan fingerprint density at radius 1 is 1.33 bits per heavy atom. The van der Waals surface area contributed by atoms with Crippen LogP contribution in [-0.4, -0.2) is 52.9 Å². The Morgan fingerprint density at radius 2 is 1.89 bits per heavy atom. The summed E-state index contributed by atoms with van der Waals surface area (Å²) < 4.78 is 0. The lowest BCUT2D eigenvalue weighted by molar-refractivity contribution is -0.141. The summed E-state index contributed by atoms with van der Waals surface area (Å²) >= 11 is 0. The third-order valence-corrected chi connectivity index (χ3v) is 3.34. The Labute approximate surface area is 107 Å². The third-order valence-electron chi connectivity index (χ3n) is 3.34. The number of carbonyl (C=O) groups is 2. The fraction of sp³-hybridized carbons (Fsp3) is 0.833. The van der Waals surface area contributed by atoms with Crippen molar-refractivity contribution in [2.75, 3.05) is 13.6 Å². The van der Waals surface area contributed by atoms with Crippen molar-refractivity contribution in [2.24, 2.45) is 5.92 Å². The van der Waals surface area contributed by atoms with Crippen molar-refractivity contribution in [1.82, 2.24) is 10.2 Å². The molecule has 2 amide bonds. The summed E-state index contributed by atoms with van der Waals surface area (Å²) in [5.41, 5.74) is 0. The molecular formula is C12H22N2O4. The second-order valence-corrected chi connectivity index (χ2v) is 5.07. The first-order valence-corrected chi connectivity index (χ1v) is 6.32. The molecule has 0 saturated heterocycles. The van der Waals surface area contributed by atoms with Crippen molar-refractivity contribution in [3.05, 3.63) is 0 Å². The van der Waals surface area contributed by atoms with Crippen molar-refractivity contribution < 1.29 is 19.8 Å². The SMILES string of the molecule is CC(CN(C)C(=O)NC1CCC(O)CC1)C(=O)O. The number of rotatable bonds is 4. The van der Waals surface area contributed by atoms with Gasteiger partial charge in [-0.25, -0.2) is 4.79 Å². The molecule has 0 spiro atoms. The van der Waals surface area contributed by atoms with Gasteiger partial charge in [0.2, 0.25) is 0 Å². The van der Waals surface area contributed by atoms with Crippen LogP contribution in [0.3, 0.4) is 0 Å². The van der Waals surface area contributed by atoms with Gasteiger partial charge in [-0.2, -0.15) is 0 Å². The molecule has 1 fully saturated rings. The number of urea groups is 1. The van der Waals surface area contributed by atoms with E-state index in [0.29, 0.717) is 12.8 Å². The average molecular weight is 258 g/mol. The van der Waals surface area contributed by atoms with E-state index in [2.05, 4.69) is 5.32 Å². The minimum absolute atomic E-state index is 0.0866. The van der Waals surface area contributed by atoms with Gasteiger partial charge in [0.1, 0.15) is 0 Å². The maximum Gasteiger partial charge on any atom is 0.317 e. The van der Waals surface area contributed by atoms with Gasteiger partial charge in [0, 0.05) is 19.6 Å². The van der Waals surface area contributed by atoms with Crippen LogP contribution in [0.5, 0.6) is 0 Å². The van der Waals surface area contributed by atoms with Crippen LogP contribution in [0.4, 0.5) is 4.79 Å². The quantitative estimate of drug-likeness (QED) is 0.690. The first-order valence-electron chi connectivity index (χ1n) is 6.32. The predicted molar refractivity (Wildman–Crippen MR) is 66.2 cm³/mol. The molecule has 3 N–H and O–H groups in total. The molecule has 0 bridgehead atoms. The summed E-state index contributed by atoms with van der Waals surface area (Å²) in [5.74, 6) is -1.48. The Balaban J connectivity index is 2.33. The normalized spacial score (nSPS) is 25.3. The van der Waals surface area contributed by atoms with Crippen molar-refractivity contribution in [3.63, 3.8) is 0 Å². The number of aliphatic carboxylic acids is 1. The first kappa shape index (κ1) is 14.8. The largest absolute Gasteiger partial charge is 0.481 e. The van der Waals surface area contributed by atoms with Crippen LogP contribution < -0.4 is 5.32 Å². The molecule has 0 aromatic carbocycles. The van der Waals surface area contributed by atoms with E-state index in [1.54, 1.807) is 14.0 Å². The molecule has 1 aliphatic rings. The Kier molecular flexibility index (Phi) is 5.40. The van der Waals surface area contributed by atoms with E-state index in [4.69, 9.17) is 5.11 Å². The summed E-state index contributed by atoms with van der Waals surface area (Å²) in [6, 6.07) is -0.159. The molecule has 1 unspecified atom stereocenters. The number of hydrogen-bond acceptors (Lipinski definition) is 3. The van der Waals surface area contributed by atoms with Crippen LogP contribution >= 0.6 is 0 Å². The lowest BCUT2D eigenvalue weighted by Gasteiger charge is -2.28. The molecule has 1 atom stereocenters. The zero-order valence-corrected chi connectivity index (χ0v) is 10.9. The number of carboxylic acid groups (broad SMARTS) is 1. The van der Waals surface area contributed by atoms with E-state index in [1.807, 2.05) is 0 Å². The zero-order valence-electron chi connectivity index (χ0n) is 10.9. The fourth-order valence-corrected chi connectivity index (χ4v) is 2.08. The van der Waals surface area contributed by atoms with Crippen molar-refractivity contribution in [2.45, 2.75) is 44.8 Å². The highest BCUT2D eigenvalue weighted by molar-refractivity contribution is 5.76. The van der Waals surface area contributed by atoms with Gasteiger partial charge in [0.05, 0.1) is 12.0 Å². The summed E-state index contributed by atoms with van der Waals surface area (Å²) in [6.45, 7) is 1.76. The van der Waals surface area contributed by atoms with Gasteiger partial charge in [-0.1, -0.05) is 6.92 Å². The van der Waals surface area contributed by atoms with Crippen LogP contribution in [0.2, 0.25) is 0 Å². The molecule has 1 aliphatic carbocycles. The molecule has 0 aromatic rings. The molecule has 1 rings (SSSR count). The standard InChI is InChI=1S/C12H22N2O4/c1-8(11(16)17)7-14(2)12(18)13-9-3-5-10(15)6-4-9/h8-10,15H,3-7H2,1-2H3,(H,13,18)(H,16,17). The van der Waals surface area contributed by atoms with Crippen LogP contribution in [0.1, 0.15) is 32.6 Å². The van der Waals surface area contributed by atoms with Crippen LogP contribution in [0.15, 0.2) is 0 Å². The van der Waals surface area contributed by atoms with E-state index in [0.717, 1.165) is 12.8 Å². The highest BCUT2D eigenvalue weighted by Crippen LogP contribution is 2.18. The number of amides is 2. The molecule has 0 aliphatic heterocycles. The summed E-state index contributed by atoms with van der Waals surface area (Å²) in [4.78, 5) is 23.9. The van der Waals surface area contributed by atoms with E-state index in [1.165, 1.54) is 4.90 Å². The van der Waals surface area contributed by atoms with Crippen LogP contribution in [0.25, 0.3) is 0 Å². The average Bonchev–Trinajstić information content (AvgIpc) is 2.31. The highest BCUT2D eigenvalue weighted by atomic mass is 16.4. The van der Waals surface area contributed by atoms with Crippen LogP contribution in [-0.2, 0) is 4.79 Å². The van der Waals surface area contributed by atoms with Gasteiger partial charge in [0.25, 0.3) is 0 Å². The second kappa shape index (κ2) is 6.58. The van der Waals surface area contributed by atoms with Gasteiger partial charge in [0.15, 0.2) is 0 Å². The summed E-state index contributed by atoms with van der Waals surface area (Å²) in [6.07, 6.45) is 2.72. The van der Waals surface area contributed by atoms with Gasteiger partial charge in [-0.15, -0.1) is 0 Å². The van der Waals surface area contributed by atoms with E-state index in [-0.39, 0.29) is 24.7 Å². The van der Waals surface area contributed by atoms with Gasteiger partial charge in [-0.05, 0) is 25.7 Å². The topological polar surface area (TPSA) is 89.9 Å². The summed E-state index contributed by atoms with van der Waals surface area (Å²) in [5, 5.41) is 21.0. The second-order valence-electron chi connectivity index (χ2n) is 5.07. The number of hydrogen-bond donors (Lipinski definition) is 3. The fourth-order valence-electron chi connectivity index (χ4n) is 2.08. The molecule has 6 heteroatoms. The Bertz CT molecular complexity index is 300. The van der Waals surface area contributed by atoms with Gasteiger partial charge >= 0.3 is 12.0 Å². The Morgan fingerprint density at radius 3 is 2.39 bits per heavy atom. The third kappa shape index (κ3) is 4.52.